The van der Waals surface area contributed by atoms with Crippen LogP contribution in [0.3, 0.4) is 0 Å². The summed E-state index contributed by atoms with van der Waals surface area (Å²) in [6.07, 6.45) is 4.80. The molecule has 50 heavy (non-hydrogen) atoms. The number of nitrogens with zero attached hydrogens (tertiary/aromatic N) is 2. The molecule has 4 aromatic rings. The molecule has 3 fully saturated rings. The molecule has 7 rings (SSSR count). The molecule has 0 spiro atoms. The fraction of sp³-hybridized carbons (Fsp3) is 0.378. The number of piperidine rings is 3. The van der Waals surface area contributed by atoms with Crippen molar-refractivity contribution < 1.29 is 39.0 Å². The predicted molar refractivity (Wildman–Crippen MR) is 190 cm³/mol. The van der Waals surface area contributed by atoms with Gasteiger partial charge in [-0.15, -0.1) is 11.3 Å². The van der Waals surface area contributed by atoms with E-state index in [0.29, 0.717) is 50.0 Å². The van der Waals surface area contributed by atoms with Crippen molar-refractivity contribution in [2.45, 2.75) is 44.1 Å². The minimum atomic E-state index is -0.735. The second-order valence-corrected chi connectivity index (χ2v) is 14.4. The van der Waals surface area contributed by atoms with E-state index in [1.807, 2.05) is 54.4 Å². The topological polar surface area (TPSA) is 122 Å². The van der Waals surface area contributed by atoms with Gasteiger partial charge in [0.15, 0.2) is 23.9 Å². The summed E-state index contributed by atoms with van der Waals surface area (Å²) in [4.78, 5) is 36.1. The molecule has 5 heterocycles. The molecule has 13 heteroatoms. The van der Waals surface area contributed by atoms with Crippen LogP contribution in [0, 0.1) is 5.92 Å². The number of fused-ring (bicyclic) bond motifs is 3. The largest absolute Gasteiger partial charge is 0.870 e. The summed E-state index contributed by atoms with van der Waals surface area (Å²) in [5, 5.41) is 0.853. The Hall–Kier alpha value is -3.71. The van der Waals surface area contributed by atoms with Gasteiger partial charge in [-0.3, -0.25) is 9.80 Å². The molecule has 3 aliphatic heterocycles. The molecule has 10 nitrogen and oxygen atoms in total. The monoisotopic (exact) mass is 741 g/mol. The van der Waals surface area contributed by atoms with Crippen LogP contribution in [0.1, 0.15) is 56.2 Å². The average Bonchev–Trinajstić information content (AvgIpc) is 3.58. The number of methoxy groups -OCH3 is 2. The minimum absolute atomic E-state index is 0. The number of H-pyrrole nitrogens is 1. The van der Waals surface area contributed by atoms with E-state index in [4.69, 9.17) is 42.1 Å². The first kappa shape index (κ1) is 37.5. The highest BCUT2D eigenvalue weighted by Crippen LogP contribution is 2.36. The number of benzene rings is 2. The van der Waals surface area contributed by atoms with Crippen molar-refractivity contribution in [2.24, 2.45) is 5.92 Å². The van der Waals surface area contributed by atoms with Crippen molar-refractivity contribution in [1.29, 1.82) is 0 Å². The Morgan fingerprint density at radius 2 is 1.66 bits per heavy atom. The number of thiophene rings is 1. The van der Waals surface area contributed by atoms with Gasteiger partial charge in [0.2, 0.25) is 0 Å². The van der Waals surface area contributed by atoms with Gasteiger partial charge in [-0.1, -0.05) is 59.6 Å². The van der Waals surface area contributed by atoms with Crippen molar-refractivity contribution in [3.63, 3.8) is 0 Å². The van der Waals surface area contributed by atoms with Gasteiger partial charge in [0.25, 0.3) is 0 Å². The van der Waals surface area contributed by atoms with Crippen LogP contribution in [0.25, 0.3) is 0 Å². The summed E-state index contributed by atoms with van der Waals surface area (Å²) in [5.74, 6) is 0.722. The maximum atomic E-state index is 13.8. The molecule has 3 atom stereocenters. The molecule has 266 valence electrons. The number of carbonyl (C=O) groups excluding carboxylic acids is 2. The quantitative estimate of drug-likeness (QED) is 0.139. The number of pyridine rings is 1. The summed E-state index contributed by atoms with van der Waals surface area (Å²) in [7, 11) is 5.02. The standard InChI is InChI=1S/C37H39Cl2N3O6S.H2O/c1-41(35(24-7-5-4-6-8-24)37(44)48-33-22-42-15-13-23(33)14-16-42)21-26-10-12-34(49-26)36(43)47-31(18-27-28(38)19-40-20-29(27)39)25-9-11-30(45-2)32(17-25)46-3;/h4-12,17,19-20,23,31,33,35H,13-16,18,21-22H2,1-3H3;1H2/t31-,33-,35?;/m0./s1. The SMILES string of the molecule is COc1ccc([C@H](Cc2c(Cl)c[nH+]cc2Cl)OC(=O)c2ccc(CN(C)C(C(=O)O[C@H]3CN4CCC3CC4)c3ccccc3)s2)cc1OC.[OH-]. The van der Waals surface area contributed by atoms with Crippen molar-refractivity contribution in [3.05, 3.63) is 110 Å². The lowest BCUT2D eigenvalue weighted by molar-refractivity contribution is -0.377. The Labute approximate surface area is 306 Å². The van der Waals surface area contributed by atoms with Gasteiger partial charge in [0.05, 0.1) is 14.2 Å². The number of halogens is 2. The first-order valence-electron chi connectivity index (χ1n) is 16.3. The number of carbonyl (C=O) groups is 2. The molecule has 3 saturated heterocycles. The summed E-state index contributed by atoms with van der Waals surface area (Å²) >= 11 is 14.3. The highest BCUT2D eigenvalue weighted by molar-refractivity contribution is 7.13. The molecular formula is C37H41Cl2N3O7S. The molecule has 0 radical (unpaired) electrons. The van der Waals surface area contributed by atoms with Crippen LogP contribution in [0.15, 0.2) is 73.1 Å². The normalized spacial score (nSPS) is 19.3. The first-order chi connectivity index (χ1) is 23.7. The van der Waals surface area contributed by atoms with Gasteiger partial charge in [-0.2, -0.15) is 0 Å². The molecule has 0 amide bonds. The molecule has 2 bridgehead atoms. The van der Waals surface area contributed by atoms with E-state index in [1.165, 1.54) is 11.3 Å². The Morgan fingerprint density at radius 3 is 2.30 bits per heavy atom. The first-order valence-corrected chi connectivity index (χ1v) is 17.8. The average molecular weight is 743 g/mol. The lowest BCUT2D eigenvalue weighted by Gasteiger charge is -2.44. The number of hydrogen-bond donors (Lipinski definition) is 0. The lowest BCUT2D eigenvalue weighted by Crippen LogP contribution is -2.52. The van der Waals surface area contributed by atoms with E-state index in [0.717, 1.165) is 42.9 Å². The van der Waals surface area contributed by atoms with Gasteiger partial charge in [-0.25, -0.2) is 14.6 Å². The zero-order chi connectivity index (χ0) is 34.5. The van der Waals surface area contributed by atoms with E-state index in [2.05, 4.69) is 9.88 Å². The van der Waals surface area contributed by atoms with Crippen molar-refractivity contribution in [3.8, 4) is 11.5 Å². The summed E-state index contributed by atoms with van der Waals surface area (Å²) in [6.45, 7) is 3.37. The number of rotatable bonds is 13. The Morgan fingerprint density at radius 1 is 0.960 bits per heavy atom. The third-order valence-electron chi connectivity index (χ3n) is 9.33. The number of hydrogen-bond acceptors (Lipinski definition) is 10. The van der Waals surface area contributed by atoms with Crippen LogP contribution in [0.4, 0.5) is 0 Å². The Balaban J connectivity index is 0.00000486. The Kier molecular flexibility index (Phi) is 12.8. The Bertz CT molecular complexity index is 1750. The molecule has 1 unspecified atom stereocenters. The van der Waals surface area contributed by atoms with Crippen LogP contribution in [-0.4, -0.2) is 74.2 Å². The molecule has 2 N–H and O–H groups in total. The fourth-order valence-electron chi connectivity index (χ4n) is 6.70. The van der Waals surface area contributed by atoms with Gasteiger partial charge >= 0.3 is 11.9 Å². The van der Waals surface area contributed by atoms with Gasteiger partial charge in [-0.05, 0) is 74.3 Å². The molecular weight excluding hydrogens is 701 g/mol. The number of ether oxygens (including phenoxy) is 4. The van der Waals surface area contributed by atoms with E-state index in [1.54, 1.807) is 44.8 Å². The lowest BCUT2D eigenvalue weighted by atomic mass is 9.86. The summed E-state index contributed by atoms with van der Waals surface area (Å²) < 4.78 is 23.3. The third kappa shape index (κ3) is 8.59. The smallest absolute Gasteiger partial charge is 0.348 e. The van der Waals surface area contributed by atoms with Crippen molar-refractivity contribution in [1.82, 2.24) is 9.80 Å². The number of esters is 2. The molecule has 2 aromatic heterocycles. The van der Waals surface area contributed by atoms with Crippen molar-refractivity contribution in [2.75, 3.05) is 40.9 Å². The van der Waals surface area contributed by atoms with Crippen molar-refractivity contribution >= 4 is 46.5 Å². The van der Waals surface area contributed by atoms with Crippen LogP contribution >= 0.6 is 34.5 Å². The number of aromatic nitrogens is 1. The van der Waals surface area contributed by atoms with Gasteiger partial charge < -0.3 is 24.4 Å². The second-order valence-electron chi connectivity index (χ2n) is 12.4. The predicted octanol–water partition coefficient (Wildman–Crippen LogP) is 6.66. The fourth-order valence-corrected chi connectivity index (χ4v) is 8.18. The van der Waals surface area contributed by atoms with Crippen LogP contribution < -0.4 is 14.5 Å². The summed E-state index contributed by atoms with van der Waals surface area (Å²) in [6, 6.07) is 18.1. The van der Waals surface area contributed by atoms with E-state index in [9.17, 15) is 9.59 Å². The molecule has 2 aromatic carbocycles. The maximum absolute atomic E-state index is 13.8. The zero-order valence-electron chi connectivity index (χ0n) is 28.1. The molecule has 3 aliphatic rings. The van der Waals surface area contributed by atoms with Gasteiger partial charge in [0, 0.05) is 30.0 Å². The maximum Gasteiger partial charge on any atom is 0.348 e. The number of likely N-dealkylation sites (N-methyl/N-ethyl adjacent to an activating group) is 1. The van der Waals surface area contributed by atoms with Crippen LogP contribution in [0.2, 0.25) is 10.0 Å². The highest BCUT2D eigenvalue weighted by Gasteiger charge is 2.38. The van der Waals surface area contributed by atoms with Crippen LogP contribution in [-0.2, 0) is 27.2 Å². The number of aromatic amines is 1. The van der Waals surface area contributed by atoms with E-state index < -0.39 is 18.1 Å². The molecule has 0 saturated carbocycles. The van der Waals surface area contributed by atoms with Crippen LogP contribution in [0.5, 0.6) is 11.5 Å². The third-order valence-corrected chi connectivity index (χ3v) is 11.1. The molecule has 0 aliphatic carbocycles. The van der Waals surface area contributed by atoms with E-state index >= 15 is 0 Å². The summed E-state index contributed by atoms with van der Waals surface area (Å²) in [5.41, 5.74) is 2.19. The highest BCUT2D eigenvalue weighted by atomic mass is 35.5. The zero-order valence-corrected chi connectivity index (χ0v) is 30.5. The number of nitrogens with one attached hydrogen (secondary N) is 1. The van der Waals surface area contributed by atoms with E-state index in [-0.39, 0.29) is 24.0 Å². The van der Waals surface area contributed by atoms with Gasteiger partial charge in [0.1, 0.15) is 33.2 Å². The minimum Gasteiger partial charge on any atom is -0.870 e. The second kappa shape index (κ2) is 17.0.